The van der Waals surface area contributed by atoms with Crippen molar-refractivity contribution in [3.05, 3.63) is 78.4 Å². The molecule has 1 aliphatic rings. The van der Waals surface area contributed by atoms with E-state index in [0.717, 1.165) is 56.2 Å². The van der Waals surface area contributed by atoms with Crippen molar-refractivity contribution in [1.82, 2.24) is 24.7 Å². The van der Waals surface area contributed by atoms with Crippen LogP contribution in [0.4, 0.5) is 4.39 Å². The van der Waals surface area contributed by atoms with Gasteiger partial charge in [0.2, 0.25) is 5.91 Å². The van der Waals surface area contributed by atoms with Gasteiger partial charge in [-0.15, -0.1) is 0 Å². The first-order chi connectivity index (χ1) is 15.2. The third-order valence-corrected chi connectivity index (χ3v) is 5.64. The van der Waals surface area contributed by atoms with Crippen LogP contribution in [0.15, 0.2) is 67.0 Å². The summed E-state index contributed by atoms with van der Waals surface area (Å²) in [6.07, 6.45) is 3.88. The molecule has 2 heterocycles. The maximum Gasteiger partial charge on any atom is 0.234 e. The van der Waals surface area contributed by atoms with Crippen molar-refractivity contribution in [2.24, 2.45) is 0 Å². The Hall–Kier alpha value is -3.03. The Kier molecular flexibility index (Phi) is 7.07. The van der Waals surface area contributed by atoms with Crippen molar-refractivity contribution < 1.29 is 9.18 Å². The molecule has 1 fully saturated rings. The van der Waals surface area contributed by atoms with Crippen LogP contribution >= 0.6 is 0 Å². The zero-order chi connectivity index (χ0) is 21.5. The molecule has 0 spiro atoms. The van der Waals surface area contributed by atoms with E-state index in [-0.39, 0.29) is 11.7 Å². The van der Waals surface area contributed by atoms with Crippen LogP contribution in [0, 0.1) is 5.82 Å². The first kappa shape index (κ1) is 21.2. The van der Waals surface area contributed by atoms with E-state index in [1.165, 1.54) is 12.1 Å². The molecule has 0 aliphatic carbocycles. The summed E-state index contributed by atoms with van der Waals surface area (Å²) in [6, 6.07) is 16.4. The molecule has 162 valence electrons. The Labute approximate surface area is 182 Å². The summed E-state index contributed by atoms with van der Waals surface area (Å²) in [4.78, 5) is 21.4. The molecule has 1 aliphatic heterocycles. The molecule has 0 bridgehead atoms. The van der Waals surface area contributed by atoms with Gasteiger partial charge in [0.1, 0.15) is 11.6 Å². The van der Waals surface area contributed by atoms with Crippen LogP contribution < -0.4 is 5.32 Å². The number of hydrogen-bond donors (Lipinski definition) is 1. The van der Waals surface area contributed by atoms with E-state index in [1.807, 2.05) is 30.6 Å². The quantitative estimate of drug-likeness (QED) is 0.608. The minimum Gasteiger partial charge on any atom is -0.351 e. The fraction of sp³-hybridized carbons (Fsp3) is 0.333. The highest BCUT2D eigenvalue weighted by Crippen LogP contribution is 2.16. The molecule has 3 aromatic rings. The van der Waals surface area contributed by atoms with Gasteiger partial charge < -0.3 is 9.88 Å². The first-order valence-electron chi connectivity index (χ1n) is 10.7. The van der Waals surface area contributed by atoms with Crippen LogP contribution in [0.5, 0.6) is 0 Å². The summed E-state index contributed by atoms with van der Waals surface area (Å²) >= 11 is 0. The summed E-state index contributed by atoms with van der Waals surface area (Å²) in [5, 5.41) is 2.92. The number of carbonyl (C=O) groups excluding carboxylic acids is 1. The molecule has 1 amide bonds. The van der Waals surface area contributed by atoms with Crippen molar-refractivity contribution >= 4 is 5.91 Å². The van der Waals surface area contributed by atoms with E-state index in [1.54, 1.807) is 12.1 Å². The van der Waals surface area contributed by atoms with Crippen molar-refractivity contribution in [2.75, 3.05) is 39.3 Å². The SMILES string of the molecule is O=C(CN1CCN(CCn2ccnc2-c2ccccc2)CC1)NCc1ccc(F)cc1. The Morgan fingerprint density at radius 3 is 2.39 bits per heavy atom. The highest BCUT2D eigenvalue weighted by atomic mass is 19.1. The molecular formula is C24H28FN5O. The highest BCUT2D eigenvalue weighted by Gasteiger charge is 2.19. The third kappa shape index (κ3) is 5.99. The minimum absolute atomic E-state index is 0.00342. The number of rotatable bonds is 8. The standard InChI is InChI=1S/C24H28FN5O/c25-22-8-6-20(7-9-22)18-27-23(31)19-29-14-12-28(13-15-29)16-17-30-11-10-26-24(30)21-4-2-1-3-5-21/h1-11H,12-19H2,(H,27,31). The fourth-order valence-corrected chi connectivity index (χ4v) is 3.82. The summed E-state index contributed by atoms with van der Waals surface area (Å²) in [5.41, 5.74) is 2.03. The van der Waals surface area contributed by atoms with E-state index in [2.05, 4.69) is 36.8 Å². The van der Waals surface area contributed by atoms with E-state index in [4.69, 9.17) is 0 Å². The molecule has 0 atom stereocenters. The summed E-state index contributed by atoms with van der Waals surface area (Å²) in [5.74, 6) is 0.734. The van der Waals surface area contributed by atoms with E-state index in [9.17, 15) is 9.18 Å². The van der Waals surface area contributed by atoms with Crippen molar-refractivity contribution in [1.29, 1.82) is 0 Å². The lowest BCUT2D eigenvalue weighted by Crippen LogP contribution is -2.49. The van der Waals surface area contributed by atoms with Crippen LogP contribution in [0.1, 0.15) is 5.56 Å². The second-order valence-corrected chi connectivity index (χ2v) is 7.83. The number of amides is 1. The summed E-state index contributed by atoms with van der Waals surface area (Å²) in [7, 11) is 0. The Morgan fingerprint density at radius 2 is 1.65 bits per heavy atom. The second kappa shape index (κ2) is 10.3. The van der Waals surface area contributed by atoms with Gasteiger partial charge in [0.25, 0.3) is 0 Å². The maximum absolute atomic E-state index is 13.0. The van der Waals surface area contributed by atoms with Crippen LogP contribution in [-0.4, -0.2) is 64.5 Å². The molecule has 0 unspecified atom stereocenters. The molecule has 1 N–H and O–H groups in total. The minimum atomic E-state index is -0.266. The Morgan fingerprint density at radius 1 is 0.935 bits per heavy atom. The normalized spacial score (nSPS) is 15.1. The van der Waals surface area contributed by atoms with E-state index < -0.39 is 0 Å². The van der Waals surface area contributed by atoms with E-state index >= 15 is 0 Å². The largest absolute Gasteiger partial charge is 0.351 e. The fourth-order valence-electron chi connectivity index (χ4n) is 3.82. The average Bonchev–Trinajstić information content (AvgIpc) is 3.27. The molecule has 0 radical (unpaired) electrons. The predicted octanol–water partition coefficient (Wildman–Crippen LogP) is 2.62. The number of nitrogens with zero attached hydrogens (tertiary/aromatic N) is 4. The number of benzene rings is 2. The Balaban J connectivity index is 1.18. The summed E-state index contributed by atoms with van der Waals surface area (Å²) < 4.78 is 15.2. The monoisotopic (exact) mass is 421 g/mol. The van der Waals surface area contributed by atoms with Gasteiger partial charge in [-0.25, -0.2) is 9.37 Å². The molecule has 7 heteroatoms. The van der Waals surface area contributed by atoms with Gasteiger partial charge in [-0.3, -0.25) is 14.6 Å². The third-order valence-electron chi connectivity index (χ3n) is 5.64. The molecule has 1 aromatic heterocycles. The lowest BCUT2D eigenvalue weighted by Gasteiger charge is -2.34. The first-order valence-corrected chi connectivity index (χ1v) is 10.7. The number of hydrogen-bond acceptors (Lipinski definition) is 4. The van der Waals surface area contributed by atoms with Gasteiger partial charge in [-0.05, 0) is 17.7 Å². The van der Waals surface area contributed by atoms with Crippen LogP contribution in [-0.2, 0) is 17.9 Å². The topological polar surface area (TPSA) is 53.4 Å². The smallest absolute Gasteiger partial charge is 0.234 e. The number of carbonyl (C=O) groups is 1. The summed E-state index contributed by atoms with van der Waals surface area (Å²) in [6.45, 7) is 6.31. The van der Waals surface area contributed by atoms with Gasteiger partial charge in [0, 0.05) is 63.8 Å². The van der Waals surface area contributed by atoms with E-state index in [0.29, 0.717) is 13.1 Å². The zero-order valence-electron chi connectivity index (χ0n) is 17.6. The zero-order valence-corrected chi connectivity index (χ0v) is 17.6. The van der Waals surface area contributed by atoms with Crippen molar-refractivity contribution in [3.63, 3.8) is 0 Å². The number of halogens is 1. The van der Waals surface area contributed by atoms with Gasteiger partial charge in [-0.1, -0.05) is 42.5 Å². The van der Waals surface area contributed by atoms with Gasteiger partial charge in [-0.2, -0.15) is 0 Å². The number of aromatic nitrogens is 2. The molecule has 1 saturated heterocycles. The molecule has 2 aromatic carbocycles. The highest BCUT2D eigenvalue weighted by molar-refractivity contribution is 5.78. The average molecular weight is 422 g/mol. The van der Waals surface area contributed by atoms with Gasteiger partial charge in [0.05, 0.1) is 6.54 Å². The van der Waals surface area contributed by atoms with Crippen LogP contribution in [0.2, 0.25) is 0 Å². The lowest BCUT2D eigenvalue weighted by atomic mass is 10.2. The molecule has 4 rings (SSSR count). The van der Waals surface area contributed by atoms with Crippen LogP contribution in [0.25, 0.3) is 11.4 Å². The lowest BCUT2D eigenvalue weighted by molar-refractivity contribution is -0.122. The van der Waals surface area contributed by atoms with Crippen LogP contribution in [0.3, 0.4) is 0 Å². The molecular weight excluding hydrogens is 393 g/mol. The maximum atomic E-state index is 13.0. The number of nitrogens with one attached hydrogen (secondary N) is 1. The predicted molar refractivity (Wildman–Crippen MR) is 119 cm³/mol. The van der Waals surface area contributed by atoms with Gasteiger partial charge >= 0.3 is 0 Å². The molecule has 6 nitrogen and oxygen atoms in total. The van der Waals surface area contributed by atoms with Crippen molar-refractivity contribution in [2.45, 2.75) is 13.1 Å². The number of imidazole rings is 1. The second-order valence-electron chi connectivity index (χ2n) is 7.83. The Bertz CT molecular complexity index is 965. The number of piperazine rings is 1. The van der Waals surface area contributed by atoms with Crippen molar-refractivity contribution in [3.8, 4) is 11.4 Å². The van der Waals surface area contributed by atoms with Gasteiger partial charge in [0.15, 0.2) is 0 Å². The molecule has 0 saturated carbocycles. The molecule has 31 heavy (non-hydrogen) atoms.